The molecule has 0 radical (unpaired) electrons. The molecule has 7 heteroatoms. The third-order valence-electron chi connectivity index (χ3n) is 3.09. The van der Waals surface area contributed by atoms with Crippen molar-refractivity contribution in [2.45, 2.75) is 0 Å². The van der Waals surface area contributed by atoms with Gasteiger partial charge in [0, 0.05) is 11.7 Å². The Morgan fingerprint density at radius 3 is 2.90 bits per heavy atom. The lowest BCUT2D eigenvalue weighted by Gasteiger charge is -2.06. The lowest BCUT2D eigenvalue weighted by molar-refractivity contribution is 0.102. The van der Waals surface area contributed by atoms with Crippen LogP contribution in [0.2, 0.25) is 0 Å². The van der Waals surface area contributed by atoms with Crippen LogP contribution in [0.3, 0.4) is 0 Å². The Labute approximate surface area is 130 Å². The minimum Gasteiger partial charge on any atom is -0.389 e. The molecule has 2 aromatic heterocycles. The molecule has 106 valence electrons. The first-order valence-corrected chi connectivity index (χ1v) is 7.40. The van der Waals surface area contributed by atoms with E-state index in [1.54, 1.807) is 17.9 Å². The van der Waals surface area contributed by atoms with Gasteiger partial charge in [-0.1, -0.05) is 30.4 Å². The number of carbonyl (C=O) groups is 1. The highest BCUT2D eigenvalue weighted by Crippen LogP contribution is 2.26. The summed E-state index contributed by atoms with van der Waals surface area (Å²) in [6, 6.07) is 9.73. The molecule has 0 fully saturated rings. The molecule has 1 aromatic carbocycles. The largest absolute Gasteiger partial charge is 0.389 e. The average Bonchev–Trinajstić information content (AvgIpc) is 3.03. The highest BCUT2D eigenvalue weighted by atomic mass is 32.1. The Balaban J connectivity index is 1.93. The van der Waals surface area contributed by atoms with Gasteiger partial charge >= 0.3 is 0 Å². The molecule has 0 saturated carbocycles. The zero-order valence-electron chi connectivity index (χ0n) is 11.2. The Kier molecular flexibility index (Phi) is 3.44. The number of anilines is 1. The van der Waals surface area contributed by atoms with Crippen LogP contribution >= 0.6 is 23.6 Å². The van der Waals surface area contributed by atoms with E-state index in [1.165, 1.54) is 11.3 Å². The number of amides is 1. The molecule has 1 amide bonds. The number of hydrogen-bond acceptors (Lipinski definition) is 4. The van der Waals surface area contributed by atoms with Gasteiger partial charge in [0.05, 0.1) is 16.6 Å². The van der Waals surface area contributed by atoms with E-state index in [0.717, 1.165) is 10.1 Å². The number of thiocarbonyl (C=S) groups is 1. The molecule has 0 bridgehead atoms. The molecule has 21 heavy (non-hydrogen) atoms. The van der Waals surface area contributed by atoms with Crippen LogP contribution in [-0.4, -0.2) is 20.7 Å². The van der Waals surface area contributed by atoms with Gasteiger partial charge in [-0.15, -0.1) is 11.3 Å². The molecule has 5 nitrogen and oxygen atoms in total. The van der Waals surface area contributed by atoms with E-state index in [4.69, 9.17) is 18.0 Å². The fourth-order valence-electron chi connectivity index (χ4n) is 2.03. The summed E-state index contributed by atoms with van der Waals surface area (Å²) >= 11 is 6.40. The predicted molar refractivity (Wildman–Crippen MR) is 88.9 cm³/mol. The number of thiophene rings is 1. The molecule has 0 atom stereocenters. The number of hydrogen-bond donors (Lipinski definition) is 2. The topological polar surface area (TPSA) is 72.9 Å². The van der Waals surface area contributed by atoms with E-state index < -0.39 is 0 Å². The second kappa shape index (κ2) is 5.27. The first kappa shape index (κ1) is 13.7. The van der Waals surface area contributed by atoms with Gasteiger partial charge in [-0.2, -0.15) is 5.10 Å². The van der Waals surface area contributed by atoms with Crippen molar-refractivity contribution in [3.63, 3.8) is 0 Å². The molecule has 3 rings (SSSR count). The summed E-state index contributed by atoms with van der Waals surface area (Å²) in [7, 11) is 1.72. The van der Waals surface area contributed by atoms with Gasteiger partial charge in [-0.3, -0.25) is 9.48 Å². The predicted octanol–water partition coefficient (Wildman–Crippen LogP) is 2.52. The van der Waals surface area contributed by atoms with Crippen LogP contribution in [0.15, 0.2) is 36.5 Å². The fourth-order valence-corrected chi connectivity index (χ4v) is 3.14. The first-order valence-electron chi connectivity index (χ1n) is 6.18. The van der Waals surface area contributed by atoms with Gasteiger partial charge in [0.15, 0.2) is 0 Å². The fraction of sp³-hybridized carbons (Fsp3) is 0.0714. The lowest BCUT2D eigenvalue weighted by Crippen LogP contribution is -2.18. The summed E-state index contributed by atoms with van der Waals surface area (Å²) in [5.74, 6) is 0.308. The van der Waals surface area contributed by atoms with E-state index in [-0.39, 0.29) is 10.9 Å². The molecular weight excluding hydrogens is 304 g/mol. The SMILES string of the molecule is Cn1ncc(C(N)=S)c1NC(=O)c1cc2ccccc2s1. The summed E-state index contributed by atoms with van der Waals surface area (Å²) in [5.41, 5.74) is 6.19. The van der Waals surface area contributed by atoms with Crippen molar-refractivity contribution >= 4 is 50.4 Å². The minimum atomic E-state index is -0.197. The maximum atomic E-state index is 12.4. The Morgan fingerprint density at radius 1 is 1.43 bits per heavy atom. The minimum absolute atomic E-state index is 0.197. The number of carbonyl (C=O) groups excluding carboxylic acids is 1. The zero-order valence-corrected chi connectivity index (χ0v) is 12.8. The van der Waals surface area contributed by atoms with Crippen LogP contribution in [-0.2, 0) is 7.05 Å². The van der Waals surface area contributed by atoms with Gasteiger partial charge in [-0.25, -0.2) is 0 Å². The summed E-state index contributed by atoms with van der Waals surface area (Å²) in [6.07, 6.45) is 1.54. The zero-order chi connectivity index (χ0) is 15.0. The highest BCUT2D eigenvalue weighted by Gasteiger charge is 2.16. The molecule has 0 aliphatic carbocycles. The van der Waals surface area contributed by atoms with Crippen molar-refractivity contribution in [2.75, 3.05) is 5.32 Å². The van der Waals surface area contributed by atoms with Crippen LogP contribution < -0.4 is 11.1 Å². The second-order valence-corrected chi connectivity index (χ2v) is 6.02. The Morgan fingerprint density at radius 2 is 2.19 bits per heavy atom. The molecule has 0 unspecified atom stereocenters. The van der Waals surface area contributed by atoms with Crippen molar-refractivity contribution in [3.8, 4) is 0 Å². The smallest absolute Gasteiger partial charge is 0.266 e. The summed E-state index contributed by atoms with van der Waals surface area (Å²) < 4.78 is 2.61. The van der Waals surface area contributed by atoms with Crippen LogP contribution in [0.25, 0.3) is 10.1 Å². The van der Waals surface area contributed by atoms with Gasteiger partial charge < -0.3 is 11.1 Å². The van der Waals surface area contributed by atoms with Gasteiger partial charge in [0.25, 0.3) is 5.91 Å². The van der Waals surface area contributed by atoms with Gasteiger partial charge in [0.1, 0.15) is 10.8 Å². The first-order chi connectivity index (χ1) is 10.1. The second-order valence-electron chi connectivity index (χ2n) is 4.50. The van der Waals surface area contributed by atoms with Crippen LogP contribution in [0.5, 0.6) is 0 Å². The van der Waals surface area contributed by atoms with E-state index in [1.807, 2.05) is 30.3 Å². The normalized spacial score (nSPS) is 10.7. The number of rotatable bonds is 3. The number of nitrogens with two attached hydrogens (primary N) is 1. The third kappa shape index (κ3) is 2.53. The molecule has 3 aromatic rings. The molecule has 0 spiro atoms. The summed E-state index contributed by atoms with van der Waals surface area (Å²) in [4.78, 5) is 13.2. The van der Waals surface area contributed by atoms with Gasteiger partial charge in [-0.05, 0) is 17.5 Å². The summed E-state index contributed by atoms with van der Waals surface area (Å²) in [6.45, 7) is 0. The molecule has 0 aliphatic heterocycles. The number of benzene rings is 1. The van der Waals surface area contributed by atoms with Crippen LogP contribution in [0, 0.1) is 0 Å². The number of nitrogens with one attached hydrogen (secondary N) is 1. The Hall–Kier alpha value is -2.25. The van der Waals surface area contributed by atoms with Crippen molar-refractivity contribution in [1.82, 2.24) is 9.78 Å². The van der Waals surface area contributed by atoms with Crippen LogP contribution in [0.4, 0.5) is 5.82 Å². The lowest BCUT2D eigenvalue weighted by atomic mass is 10.2. The van der Waals surface area contributed by atoms with Crippen molar-refractivity contribution in [2.24, 2.45) is 12.8 Å². The quantitative estimate of drug-likeness (QED) is 0.728. The number of nitrogens with zero attached hydrogens (tertiary/aromatic N) is 2. The van der Waals surface area contributed by atoms with E-state index in [0.29, 0.717) is 16.3 Å². The summed E-state index contributed by atoms with van der Waals surface area (Å²) in [5, 5.41) is 7.94. The van der Waals surface area contributed by atoms with Crippen molar-refractivity contribution in [3.05, 3.63) is 47.0 Å². The highest BCUT2D eigenvalue weighted by molar-refractivity contribution is 7.80. The molecule has 2 heterocycles. The third-order valence-corrected chi connectivity index (χ3v) is 4.42. The molecular formula is C14H12N4OS2. The molecule has 3 N–H and O–H groups in total. The van der Waals surface area contributed by atoms with E-state index >= 15 is 0 Å². The maximum absolute atomic E-state index is 12.4. The average molecular weight is 316 g/mol. The maximum Gasteiger partial charge on any atom is 0.266 e. The standard InChI is InChI=1S/C14H12N4OS2/c1-18-13(9(7-16-18)12(15)20)17-14(19)11-6-8-4-2-3-5-10(8)21-11/h2-7H,1H3,(H2,15,20)(H,17,19). The number of aryl methyl sites for hydroxylation is 1. The molecule has 0 saturated heterocycles. The van der Waals surface area contributed by atoms with Crippen LogP contribution in [0.1, 0.15) is 15.2 Å². The van der Waals surface area contributed by atoms with Gasteiger partial charge in [0.2, 0.25) is 0 Å². The number of aromatic nitrogens is 2. The number of fused-ring (bicyclic) bond motifs is 1. The monoisotopic (exact) mass is 316 g/mol. The molecule has 0 aliphatic rings. The van der Waals surface area contributed by atoms with Crippen molar-refractivity contribution in [1.29, 1.82) is 0 Å². The van der Waals surface area contributed by atoms with Crippen molar-refractivity contribution < 1.29 is 4.79 Å². The van der Waals surface area contributed by atoms with E-state index in [2.05, 4.69) is 10.4 Å². The Bertz CT molecular complexity index is 817. The van der Waals surface area contributed by atoms with E-state index in [9.17, 15) is 4.79 Å².